The maximum atomic E-state index is 13.0. The SMILES string of the molecule is COc1ccc(CCNC(=O)c2c(-c3c(C)nn(-c4ccccc4)c3C)noc2N)cc1. The van der Waals surface area contributed by atoms with E-state index >= 15 is 0 Å². The Morgan fingerprint density at radius 2 is 1.84 bits per heavy atom. The number of ether oxygens (including phenoxy) is 1. The number of para-hydroxylation sites is 1. The highest BCUT2D eigenvalue weighted by Gasteiger charge is 2.27. The molecule has 0 unspecified atom stereocenters. The van der Waals surface area contributed by atoms with E-state index in [4.69, 9.17) is 15.0 Å². The fourth-order valence-electron chi connectivity index (χ4n) is 3.70. The summed E-state index contributed by atoms with van der Waals surface area (Å²) >= 11 is 0. The van der Waals surface area contributed by atoms with Crippen LogP contribution in [0, 0.1) is 13.8 Å². The summed E-state index contributed by atoms with van der Waals surface area (Å²) in [5, 5.41) is 11.6. The molecule has 3 N–H and O–H groups in total. The number of hydrogen-bond donors (Lipinski definition) is 2. The van der Waals surface area contributed by atoms with Gasteiger partial charge in [-0.3, -0.25) is 4.79 Å². The molecule has 0 radical (unpaired) electrons. The van der Waals surface area contributed by atoms with Crippen molar-refractivity contribution < 1.29 is 14.1 Å². The second kappa shape index (κ2) is 8.97. The standard InChI is InChI=1S/C24H25N5O3/c1-15-20(16(2)29(27-15)18-7-5-4-6-8-18)22-21(23(25)32-28-22)24(30)26-14-13-17-9-11-19(31-3)12-10-17/h4-12H,13-14,25H2,1-3H3,(H,26,30). The summed E-state index contributed by atoms with van der Waals surface area (Å²) in [6.45, 7) is 4.24. The Hall–Kier alpha value is -4.07. The molecule has 2 heterocycles. The van der Waals surface area contributed by atoms with Crippen LogP contribution in [0.4, 0.5) is 5.88 Å². The zero-order valence-corrected chi connectivity index (χ0v) is 18.3. The molecule has 0 atom stereocenters. The number of nitrogens with two attached hydrogens (primary N) is 1. The number of nitrogen functional groups attached to an aromatic ring is 1. The molecule has 8 heteroatoms. The van der Waals surface area contributed by atoms with Crippen LogP contribution >= 0.6 is 0 Å². The Kier molecular flexibility index (Phi) is 5.93. The van der Waals surface area contributed by atoms with E-state index in [0.29, 0.717) is 18.7 Å². The van der Waals surface area contributed by atoms with Crippen LogP contribution in [0.25, 0.3) is 16.9 Å². The molecule has 0 saturated carbocycles. The molecule has 4 aromatic rings. The molecule has 32 heavy (non-hydrogen) atoms. The first-order valence-electron chi connectivity index (χ1n) is 10.3. The van der Waals surface area contributed by atoms with E-state index in [1.54, 1.807) is 7.11 Å². The van der Waals surface area contributed by atoms with E-state index in [2.05, 4.69) is 15.6 Å². The molecule has 0 fully saturated rings. The third kappa shape index (κ3) is 4.07. The van der Waals surface area contributed by atoms with Crippen molar-refractivity contribution in [2.24, 2.45) is 0 Å². The molecular formula is C24H25N5O3. The van der Waals surface area contributed by atoms with Crippen LogP contribution in [0.3, 0.4) is 0 Å². The normalized spacial score (nSPS) is 10.8. The summed E-state index contributed by atoms with van der Waals surface area (Å²) in [7, 11) is 1.63. The quantitative estimate of drug-likeness (QED) is 0.462. The van der Waals surface area contributed by atoms with Gasteiger partial charge in [-0.15, -0.1) is 0 Å². The van der Waals surface area contributed by atoms with Crippen molar-refractivity contribution in [3.63, 3.8) is 0 Å². The molecule has 2 aromatic heterocycles. The summed E-state index contributed by atoms with van der Waals surface area (Å²) < 4.78 is 12.2. The highest BCUT2D eigenvalue weighted by molar-refractivity contribution is 6.04. The number of nitrogens with one attached hydrogen (secondary N) is 1. The van der Waals surface area contributed by atoms with Gasteiger partial charge in [0.25, 0.3) is 5.91 Å². The summed E-state index contributed by atoms with van der Waals surface area (Å²) in [6.07, 6.45) is 0.667. The molecule has 0 aliphatic rings. The fraction of sp³-hybridized carbons (Fsp3) is 0.208. The van der Waals surface area contributed by atoms with Crippen LogP contribution in [0.2, 0.25) is 0 Å². The Labute approximate surface area is 186 Å². The molecule has 164 valence electrons. The Bertz CT molecular complexity index is 1230. The first kappa shape index (κ1) is 21.2. The van der Waals surface area contributed by atoms with E-state index in [-0.39, 0.29) is 17.4 Å². The second-order valence-electron chi connectivity index (χ2n) is 7.42. The third-order valence-electron chi connectivity index (χ3n) is 5.33. The zero-order chi connectivity index (χ0) is 22.7. The molecule has 0 spiro atoms. The molecule has 0 aliphatic carbocycles. The number of rotatable bonds is 7. The van der Waals surface area contributed by atoms with Crippen LogP contribution in [-0.4, -0.2) is 34.5 Å². The maximum absolute atomic E-state index is 13.0. The number of methoxy groups -OCH3 is 1. The van der Waals surface area contributed by atoms with Crippen molar-refractivity contribution >= 4 is 11.8 Å². The lowest BCUT2D eigenvalue weighted by Crippen LogP contribution is -2.26. The minimum Gasteiger partial charge on any atom is -0.497 e. The Morgan fingerprint density at radius 3 is 2.53 bits per heavy atom. The molecule has 0 saturated heterocycles. The van der Waals surface area contributed by atoms with Crippen molar-refractivity contribution in [2.75, 3.05) is 19.4 Å². The average molecular weight is 431 g/mol. The monoisotopic (exact) mass is 431 g/mol. The molecule has 8 nitrogen and oxygen atoms in total. The summed E-state index contributed by atoms with van der Waals surface area (Å²) in [4.78, 5) is 13.0. The number of anilines is 1. The second-order valence-corrected chi connectivity index (χ2v) is 7.42. The third-order valence-corrected chi connectivity index (χ3v) is 5.33. The van der Waals surface area contributed by atoms with Crippen molar-refractivity contribution in [1.29, 1.82) is 0 Å². The lowest BCUT2D eigenvalue weighted by molar-refractivity contribution is 0.0955. The number of carbonyl (C=O) groups excluding carboxylic acids is 1. The van der Waals surface area contributed by atoms with Gasteiger partial charge >= 0.3 is 0 Å². The number of benzene rings is 2. The van der Waals surface area contributed by atoms with Crippen LogP contribution < -0.4 is 15.8 Å². The number of nitrogens with zero attached hydrogens (tertiary/aromatic N) is 3. The number of hydrogen-bond acceptors (Lipinski definition) is 6. The van der Waals surface area contributed by atoms with Crippen LogP contribution in [0.5, 0.6) is 5.75 Å². The van der Waals surface area contributed by atoms with Gasteiger partial charge in [0, 0.05) is 12.1 Å². The van der Waals surface area contributed by atoms with Crippen molar-refractivity contribution in [3.05, 3.63) is 77.1 Å². The van der Waals surface area contributed by atoms with E-state index in [0.717, 1.165) is 34.0 Å². The van der Waals surface area contributed by atoms with Crippen LogP contribution in [0.1, 0.15) is 27.3 Å². The molecular weight excluding hydrogens is 406 g/mol. The summed E-state index contributed by atoms with van der Waals surface area (Å²) in [6, 6.07) is 17.5. The van der Waals surface area contributed by atoms with Crippen molar-refractivity contribution in [3.8, 4) is 22.7 Å². The predicted octanol–water partition coefficient (Wildman–Crippen LogP) is 3.71. The number of aromatic nitrogens is 3. The largest absolute Gasteiger partial charge is 0.497 e. The topological polar surface area (TPSA) is 108 Å². The lowest BCUT2D eigenvalue weighted by atomic mass is 10.0. The number of amides is 1. The minimum absolute atomic E-state index is 0.0202. The van der Waals surface area contributed by atoms with Crippen LogP contribution in [-0.2, 0) is 6.42 Å². The fourth-order valence-corrected chi connectivity index (χ4v) is 3.70. The van der Waals surface area contributed by atoms with Crippen molar-refractivity contribution in [1.82, 2.24) is 20.3 Å². The first-order valence-corrected chi connectivity index (χ1v) is 10.3. The highest BCUT2D eigenvalue weighted by Crippen LogP contribution is 2.33. The average Bonchev–Trinajstić information content (AvgIpc) is 3.33. The minimum atomic E-state index is -0.335. The van der Waals surface area contributed by atoms with E-state index in [1.807, 2.05) is 73.1 Å². The van der Waals surface area contributed by atoms with Gasteiger partial charge in [-0.2, -0.15) is 5.10 Å². The first-order chi connectivity index (χ1) is 15.5. The van der Waals surface area contributed by atoms with Gasteiger partial charge in [0.15, 0.2) is 0 Å². The predicted molar refractivity (Wildman–Crippen MR) is 122 cm³/mol. The summed E-state index contributed by atoms with van der Waals surface area (Å²) in [5.74, 6) is 0.438. The summed E-state index contributed by atoms with van der Waals surface area (Å²) in [5.41, 5.74) is 10.9. The highest BCUT2D eigenvalue weighted by atomic mass is 16.5. The molecule has 4 rings (SSSR count). The van der Waals surface area contributed by atoms with Crippen LogP contribution in [0.15, 0.2) is 59.1 Å². The lowest BCUT2D eigenvalue weighted by Gasteiger charge is -2.07. The number of carbonyl (C=O) groups is 1. The van der Waals surface area contributed by atoms with Gasteiger partial charge in [-0.1, -0.05) is 35.5 Å². The van der Waals surface area contributed by atoms with Gasteiger partial charge in [-0.25, -0.2) is 4.68 Å². The molecule has 0 bridgehead atoms. The molecule has 1 amide bonds. The van der Waals surface area contributed by atoms with E-state index in [9.17, 15) is 4.79 Å². The number of aryl methyl sites for hydroxylation is 1. The van der Waals surface area contributed by atoms with E-state index in [1.165, 1.54) is 0 Å². The van der Waals surface area contributed by atoms with E-state index < -0.39 is 0 Å². The van der Waals surface area contributed by atoms with Gasteiger partial charge in [-0.05, 0) is 50.1 Å². The van der Waals surface area contributed by atoms with Gasteiger partial charge in [0.05, 0.1) is 24.2 Å². The molecule has 0 aliphatic heterocycles. The van der Waals surface area contributed by atoms with Gasteiger partial charge in [0.1, 0.15) is 17.0 Å². The van der Waals surface area contributed by atoms with Crippen molar-refractivity contribution in [2.45, 2.75) is 20.3 Å². The van der Waals surface area contributed by atoms with Gasteiger partial charge in [0.2, 0.25) is 5.88 Å². The molecule has 2 aromatic carbocycles. The maximum Gasteiger partial charge on any atom is 0.259 e. The zero-order valence-electron chi connectivity index (χ0n) is 18.3. The van der Waals surface area contributed by atoms with Gasteiger partial charge < -0.3 is 20.3 Å². The Morgan fingerprint density at radius 1 is 1.12 bits per heavy atom. The smallest absolute Gasteiger partial charge is 0.259 e. The Balaban J connectivity index is 1.56.